The molecule has 0 amide bonds. The van der Waals surface area contributed by atoms with Crippen LogP contribution in [-0.4, -0.2) is 15.8 Å². The van der Waals surface area contributed by atoms with Gasteiger partial charge in [0.15, 0.2) is 0 Å². The molecular formula is C13H18ClN3O. The van der Waals surface area contributed by atoms with Gasteiger partial charge in [-0.1, -0.05) is 24.1 Å². The second-order valence-corrected chi connectivity index (χ2v) is 5.15. The van der Waals surface area contributed by atoms with Crippen LogP contribution in [0.15, 0.2) is 23.6 Å². The first-order chi connectivity index (χ1) is 8.63. The molecule has 1 saturated carbocycles. The van der Waals surface area contributed by atoms with Crippen molar-refractivity contribution in [3.05, 3.63) is 34.2 Å². The van der Waals surface area contributed by atoms with Crippen LogP contribution in [0, 0.1) is 5.92 Å². The summed E-state index contributed by atoms with van der Waals surface area (Å²) in [6.45, 7) is 6.07. The smallest absolute Gasteiger partial charge is 0.287 e. The molecule has 1 unspecified atom stereocenters. The van der Waals surface area contributed by atoms with Crippen LogP contribution in [0.2, 0.25) is 5.02 Å². The molecule has 0 radical (unpaired) electrons. The van der Waals surface area contributed by atoms with Crippen molar-refractivity contribution in [2.24, 2.45) is 5.92 Å². The molecule has 98 valence electrons. The van der Waals surface area contributed by atoms with Crippen LogP contribution in [-0.2, 0) is 6.54 Å². The summed E-state index contributed by atoms with van der Waals surface area (Å²) < 4.78 is 1.30. The van der Waals surface area contributed by atoms with Crippen LogP contribution in [0.1, 0.15) is 26.2 Å². The lowest BCUT2D eigenvalue weighted by atomic mass is 9.80. The summed E-state index contributed by atoms with van der Waals surface area (Å²) in [5, 5.41) is 7.57. The molecule has 1 fully saturated rings. The van der Waals surface area contributed by atoms with Gasteiger partial charge in [-0.25, -0.2) is 4.68 Å². The largest absolute Gasteiger partial charge is 0.380 e. The minimum absolute atomic E-state index is 0.207. The van der Waals surface area contributed by atoms with E-state index in [1.54, 1.807) is 12.3 Å². The van der Waals surface area contributed by atoms with Gasteiger partial charge in [0, 0.05) is 6.04 Å². The zero-order valence-corrected chi connectivity index (χ0v) is 11.3. The van der Waals surface area contributed by atoms with Crippen LogP contribution in [0.3, 0.4) is 0 Å². The molecule has 1 atom stereocenters. The van der Waals surface area contributed by atoms with E-state index in [1.807, 2.05) is 0 Å². The molecule has 1 aromatic heterocycles. The summed E-state index contributed by atoms with van der Waals surface area (Å²) in [5.41, 5.74) is 0.351. The summed E-state index contributed by atoms with van der Waals surface area (Å²) in [6.07, 6.45) is 7.01. The number of hydrogen-bond donors (Lipinski definition) is 1. The molecule has 1 aromatic rings. The topological polar surface area (TPSA) is 46.9 Å². The van der Waals surface area contributed by atoms with Gasteiger partial charge in [0.25, 0.3) is 5.56 Å². The number of rotatable bonds is 5. The van der Waals surface area contributed by atoms with Crippen LogP contribution in [0.5, 0.6) is 0 Å². The predicted octanol–water partition coefficient (Wildman–Crippen LogP) is 2.68. The highest BCUT2D eigenvalue weighted by atomic mass is 35.5. The normalized spacial score (nSPS) is 17.0. The lowest BCUT2D eigenvalue weighted by molar-refractivity contribution is 0.285. The highest BCUT2D eigenvalue weighted by Gasteiger charge is 2.24. The van der Waals surface area contributed by atoms with Crippen LogP contribution < -0.4 is 10.9 Å². The maximum absolute atomic E-state index is 11.9. The third-order valence-electron chi connectivity index (χ3n) is 3.53. The summed E-state index contributed by atoms with van der Waals surface area (Å²) >= 11 is 6.07. The fourth-order valence-electron chi connectivity index (χ4n) is 2.12. The molecule has 0 bridgehead atoms. The average molecular weight is 268 g/mol. The van der Waals surface area contributed by atoms with Gasteiger partial charge in [0.2, 0.25) is 0 Å². The monoisotopic (exact) mass is 267 g/mol. The number of aromatic nitrogens is 2. The Hall–Kier alpha value is -1.29. The van der Waals surface area contributed by atoms with E-state index < -0.39 is 0 Å². The fraction of sp³-hybridized carbons (Fsp3) is 0.538. The zero-order chi connectivity index (χ0) is 13.1. The standard InChI is InChI=1S/C13H18ClN3O/c1-3-7-17-13(18)12(14)11(8-15-17)16-9(2)10-5-4-6-10/h3,8-10,16H,1,4-7H2,2H3. The van der Waals surface area contributed by atoms with E-state index in [9.17, 15) is 4.79 Å². The first-order valence-corrected chi connectivity index (χ1v) is 6.64. The third kappa shape index (κ3) is 2.58. The lowest BCUT2D eigenvalue weighted by Crippen LogP contribution is -2.32. The Morgan fingerprint density at radius 2 is 2.44 bits per heavy atom. The highest BCUT2D eigenvalue weighted by molar-refractivity contribution is 6.32. The van der Waals surface area contributed by atoms with Gasteiger partial charge in [-0.3, -0.25) is 4.79 Å². The second-order valence-electron chi connectivity index (χ2n) is 4.77. The maximum Gasteiger partial charge on any atom is 0.287 e. The first kappa shape index (κ1) is 13.1. The Morgan fingerprint density at radius 1 is 1.72 bits per heavy atom. The summed E-state index contributed by atoms with van der Waals surface area (Å²) in [7, 11) is 0. The SMILES string of the molecule is C=CCn1ncc(NC(C)C2CCC2)c(Cl)c1=O. The molecule has 1 aliphatic carbocycles. The zero-order valence-electron chi connectivity index (χ0n) is 10.5. The van der Waals surface area contributed by atoms with E-state index in [1.165, 1.54) is 23.9 Å². The van der Waals surface area contributed by atoms with Crippen molar-refractivity contribution >= 4 is 17.3 Å². The van der Waals surface area contributed by atoms with Crippen molar-refractivity contribution in [1.29, 1.82) is 0 Å². The molecule has 1 N–H and O–H groups in total. The average Bonchev–Trinajstić information content (AvgIpc) is 2.26. The van der Waals surface area contributed by atoms with Gasteiger partial charge in [0.05, 0.1) is 18.4 Å². The fourth-order valence-corrected chi connectivity index (χ4v) is 2.32. The van der Waals surface area contributed by atoms with Crippen molar-refractivity contribution in [2.45, 2.75) is 38.8 Å². The number of allylic oxidation sites excluding steroid dienone is 1. The second kappa shape index (κ2) is 5.57. The van der Waals surface area contributed by atoms with Crippen molar-refractivity contribution in [3.8, 4) is 0 Å². The van der Waals surface area contributed by atoms with E-state index in [0.29, 0.717) is 24.2 Å². The first-order valence-electron chi connectivity index (χ1n) is 6.26. The Kier molecular flexibility index (Phi) is 4.07. The molecule has 0 aliphatic heterocycles. The summed E-state index contributed by atoms with van der Waals surface area (Å²) in [6, 6.07) is 0.327. The van der Waals surface area contributed by atoms with E-state index in [2.05, 4.69) is 23.9 Å². The molecule has 1 aliphatic rings. The molecule has 0 aromatic carbocycles. The summed E-state index contributed by atoms with van der Waals surface area (Å²) in [4.78, 5) is 11.9. The molecular weight excluding hydrogens is 250 g/mol. The Balaban J connectivity index is 2.15. The van der Waals surface area contributed by atoms with Gasteiger partial charge in [-0.2, -0.15) is 5.10 Å². The Labute approximate surface area is 112 Å². The van der Waals surface area contributed by atoms with Crippen molar-refractivity contribution in [3.63, 3.8) is 0 Å². The number of halogens is 1. The highest BCUT2D eigenvalue weighted by Crippen LogP contribution is 2.31. The Bertz CT molecular complexity index is 493. The van der Waals surface area contributed by atoms with E-state index >= 15 is 0 Å². The summed E-state index contributed by atoms with van der Waals surface area (Å²) in [5.74, 6) is 0.677. The molecule has 0 spiro atoms. The molecule has 2 rings (SSSR count). The number of hydrogen-bond acceptors (Lipinski definition) is 3. The van der Waals surface area contributed by atoms with Gasteiger partial charge in [-0.15, -0.1) is 6.58 Å². The molecule has 0 saturated heterocycles. The van der Waals surface area contributed by atoms with Crippen molar-refractivity contribution in [1.82, 2.24) is 9.78 Å². The molecule has 1 heterocycles. The number of anilines is 1. The van der Waals surface area contributed by atoms with Crippen LogP contribution in [0.25, 0.3) is 0 Å². The van der Waals surface area contributed by atoms with Crippen LogP contribution >= 0.6 is 11.6 Å². The van der Waals surface area contributed by atoms with E-state index in [4.69, 9.17) is 11.6 Å². The van der Waals surface area contributed by atoms with Crippen molar-refractivity contribution < 1.29 is 0 Å². The van der Waals surface area contributed by atoms with E-state index in [-0.39, 0.29) is 10.6 Å². The van der Waals surface area contributed by atoms with Gasteiger partial charge < -0.3 is 5.32 Å². The van der Waals surface area contributed by atoms with Gasteiger partial charge in [0.1, 0.15) is 5.02 Å². The number of nitrogens with one attached hydrogen (secondary N) is 1. The lowest BCUT2D eigenvalue weighted by Gasteiger charge is -2.32. The number of nitrogens with zero attached hydrogens (tertiary/aromatic N) is 2. The predicted molar refractivity (Wildman–Crippen MR) is 74.1 cm³/mol. The van der Waals surface area contributed by atoms with Crippen LogP contribution in [0.4, 0.5) is 5.69 Å². The van der Waals surface area contributed by atoms with Gasteiger partial charge in [-0.05, 0) is 25.7 Å². The molecule has 5 heteroatoms. The third-order valence-corrected chi connectivity index (χ3v) is 3.89. The molecule has 4 nitrogen and oxygen atoms in total. The van der Waals surface area contributed by atoms with E-state index in [0.717, 1.165) is 0 Å². The minimum Gasteiger partial charge on any atom is -0.380 e. The maximum atomic E-state index is 11.9. The quantitative estimate of drug-likeness (QED) is 0.835. The molecule has 18 heavy (non-hydrogen) atoms. The minimum atomic E-state index is -0.276. The Morgan fingerprint density at radius 3 is 3.00 bits per heavy atom. The van der Waals surface area contributed by atoms with Crippen molar-refractivity contribution in [2.75, 3.05) is 5.32 Å². The van der Waals surface area contributed by atoms with Gasteiger partial charge >= 0.3 is 0 Å².